The van der Waals surface area contributed by atoms with E-state index in [0.29, 0.717) is 6.61 Å². The number of hydrogen-bond donors (Lipinski definition) is 0. The van der Waals surface area contributed by atoms with Crippen LogP contribution in [0, 0.1) is 10.5 Å². The summed E-state index contributed by atoms with van der Waals surface area (Å²) in [4.78, 5) is 12.7. The molecule has 0 amide bonds. The lowest BCUT2D eigenvalue weighted by Gasteiger charge is -1.89. The van der Waals surface area contributed by atoms with Crippen LogP contribution in [0.4, 0.5) is 0 Å². The second-order valence-corrected chi connectivity index (χ2v) is 7.60. The highest BCUT2D eigenvalue weighted by Crippen LogP contribution is 2.36. The maximum Gasteiger partial charge on any atom is 0.282 e. The van der Waals surface area contributed by atoms with Crippen LogP contribution in [0.2, 0.25) is 0 Å². The molecular weight excluding hydrogens is 243 g/mol. The third kappa shape index (κ3) is 3.05. The van der Waals surface area contributed by atoms with Gasteiger partial charge in [-0.25, -0.2) is 0 Å². The Labute approximate surface area is 91.1 Å². The number of thioether (sulfide) groups is 1. The van der Waals surface area contributed by atoms with Crippen LogP contribution in [0.15, 0.2) is 4.21 Å². The fourth-order valence-corrected chi connectivity index (χ4v) is 5.99. The Bertz CT molecular complexity index is 342. The van der Waals surface area contributed by atoms with Gasteiger partial charge in [0.05, 0.1) is 10.8 Å². The first-order valence-corrected chi connectivity index (χ1v) is 7.80. The van der Waals surface area contributed by atoms with Gasteiger partial charge in [0.2, 0.25) is 0 Å². The Hall–Kier alpha value is 0.620. The summed E-state index contributed by atoms with van der Waals surface area (Å²) in [6.07, 6.45) is 2.03. The zero-order chi connectivity index (χ0) is 9.84. The highest BCUT2D eigenvalue weighted by Gasteiger charge is 2.08. The Kier molecular flexibility index (Phi) is 4.94. The van der Waals surface area contributed by atoms with Crippen LogP contribution in [0.5, 0.6) is 0 Å². The fraction of sp³-hybridized carbons (Fsp3) is 0.571. The maximum absolute atomic E-state index is 11.5. The molecule has 0 aliphatic heterocycles. The van der Waals surface area contributed by atoms with Gasteiger partial charge in [-0.05, 0) is 20.1 Å². The van der Waals surface area contributed by atoms with Crippen molar-refractivity contribution in [1.82, 2.24) is 0 Å². The first-order chi connectivity index (χ1) is 6.19. The highest BCUT2D eigenvalue weighted by atomic mass is 32.2. The van der Waals surface area contributed by atoms with Gasteiger partial charge in [0, 0.05) is 4.88 Å². The van der Waals surface area contributed by atoms with Crippen molar-refractivity contribution >= 4 is 42.4 Å². The molecule has 1 aromatic heterocycles. The Morgan fingerprint density at radius 2 is 2.23 bits per heavy atom. The van der Waals surface area contributed by atoms with Gasteiger partial charge in [0.1, 0.15) is 0 Å². The number of hydrogen-bond acceptors (Lipinski definition) is 5. The van der Waals surface area contributed by atoms with Crippen molar-refractivity contribution in [2.24, 2.45) is 0 Å². The maximum atomic E-state index is 11.5. The second-order valence-electron chi connectivity index (χ2n) is 2.19. The average molecular weight is 254 g/mol. The summed E-state index contributed by atoms with van der Waals surface area (Å²) in [6.45, 7) is 4.41. The van der Waals surface area contributed by atoms with Gasteiger partial charge in [-0.15, -0.1) is 11.8 Å². The van der Waals surface area contributed by atoms with Crippen molar-refractivity contribution in [3.63, 3.8) is 0 Å². The van der Waals surface area contributed by atoms with Gasteiger partial charge in [-0.3, -0.25) is 0 Å². The van der Waals surface area contributed by atoms with Crippen molar-refractivity contribution in [3.05, 3.63) is 8.44 Å². The molecule has 0 saturated heterocycles. The van der Waals surface area contributed by atoms with E-state index in [9.17, 15) is 4.89 Å². The normalized spacial score (nSPS) is 13.2. The molecule has 1 heterocycles. The monoisotopic (exact) mass is 254 g/mol. The molecule has 1 rings (SSSR count). The van der Waals surface area contributed by atoms with Crippen LogP contribution in [0.3, 0.4) is 0 Å². The first-order valence-electron chi connectivity index (χ1n) is 3.76. The molecule has 0 aliphatic carbocycles. The summed E-state index contributed by atoms with van der Waals surface area (Å²) in [7, 11) is -1.60. The number of aryl methyl sites for hydroxylation is 1. The van der Waals surface area contributed by atoms with Gasteiger partial charge in [0.15, 0.2) is 0 Å². The molecule has 0 bridgehead atoms. The van der Waals surface area contributed by atoms with Crippen LogP contribution in [0.1, 0.15) is 11.8 Å². The summed E-state index contributed by atoms with van der Waals surface area (Å²) in [6, 6.07) is 0. The van der Waals surface area contributed by atoms with E-state index >= 15 is 0 Å². The van der Waals surface area contributed by atoms with E-state index in [4.69, 9.17) is 4.52 Å². The highest BCUT2D eigenvalue weighted by molar-refractivity contribution is 8.00. The Morgan fingerprint density at radius 1 is 1.54 bits per heavy atom. The molecule has 1 aromatic rings. The zero-order valence-corrected chi connectivity index (χ0v) is 11.0. The predicted octanol–water partition coefficient (Wildman–Crippen LogP) is 3.08. The van der Waals surface area contributed by atoms with E-state index < -0.39 is 8.00 Å². The SMILES string of the molecule is CCO/[P+]([O-])=c1/sc(C)c(SC)s1. The lowest BCUT2D eigenvalue weighted by molar-refractivity contribution is -0.173. The van der Waals surface area contributed by atoms with Gasteiger partial charge in [0.25, 0.3) is 11.6 Å². The van der Waals surface area contributed by atoms with Gasteiger partial charge in [-0.1, -0.05) is 22.7 Å². The molecule has 6 heteroatoms. The van der Waals surface area contributed by atoms with Gasteiger partial charge >= 0.3 is 0 Å². The third-order valence-electron chi connectivity index (χ3n) is 1.29. The van der Waals surface area contributed by atoms with Crippen LogP contribution >= 0.6 is 42.4 Å². The summed E-state index contributed by atoms with van der Waals surface area (Å²) >= 11 is 4.85. The van der Waals surface area contributed by atoms with Crippen molar-refractivity contribution in [2.75, 3.05) is 12.9 Å². The zero-order valence-electron chi connectivity index (χ0n) is 7.70. The van der Waals surface area contributed by atoms with E-state index in [-0.39, 0.29) is 0 Å². The molecule has 0 spiro atoms. The summed E-state index contributed by atoms with van der Waals surface area (Å²) in [5.41, 5.74) is 0. The van der Waals surface area contributed by atoms with Crippen LogP contribution < -0.4 is 4.89 Å². The molecule has 1 atom stereocenters. The topological polar surface area (TPSA) is 32.3 Å². The smallest absolute Gasteiger partial charge is 0.282 e. The quantitative estimate of drug-likeness (QED) is 0.614. The minimum absolute atomic E-state index is 0.507. The molecular formula is C7H11O2PS3. The lowest BCUT2D eigenvalue weighted by Crippen LogP contribution is -1.90. The molecule has 74 valence electrons. The largest absolute Gasteiger partial charge is 0.601 e. The van der Waals surface area contributed by atoms with Crippen LogP contribution in [-0.2, 0) is 4.52 Å². The third-order valence-corrected chi connectivity index (χ3v) is 7.06. The lowest BCUT2D eigenvalue weighted by atomic mass is 10.7. The van der Waals surface area contributed by atoms with E-state index in [0.717, 1.165) is 3.57 Å². The van der Waals surface area contributed by atoms with Crippen LogP contribution in [0.25, 0.3) is 0 Å². The molecule has 0 saturated carbocycles. The van der Waals surface area contributed by atoms with Crippen LogP contribution in [-0.4, -0.2) is 12.9 Å². The average Bonchev–Trinajstić information content (AvgIpc) is 2.47. The molecule has 0 aromatic carbocycles. The van der Waals surface area contributed by atoms with Gasteiger partial charge in [-0.2, -0.15) is 4.52 Å². The molecule has 0 aliphatic rings. The molecule has 0 N–H and O–H groups in total. The summed E-state index contributed by atoms with van der Waals surface area (Å²) in [5, 5.41) is 0. The van der Waals surface area contributed by atoms with Crippen molar-refractivity contribution in [1.29, 1.82) is 0 Å². The van der Waals surface area contributed by atoms with Crippen molar-refractivity contribution in [3.8, 4) is 0 Å². The summed E-state index contributed by atoms with van der Waals surface area (Å²) in [5.74, 6) is 0. The van der Waals surface area contributed by atoms with Crippen molar-refractivity contribution < 1.29 is 9.42 Å². The minimum atomic E-state index is -1.60. The van der Waals surface area contributed by atoms with Gasteiger partial charge < -0.3 is 4.89 Å². The summed E-state index contributed by atoms with van der Waals surface area (Å²) < 4.78 is 7.19. The van der Waals surface area contributed by atoms with E-state index in [1.165, 1.54) is 9.09 Å². The minimum Gasteiger partial charge on any atom is -0.601 e. The number of rotatable bonds is 3. The van der Waals surface area contributed by atoms with E-state index in [1.54, 1.807) is 34.4 Å². The Morgan fingerprint density at radius 3 is 2.69 bits per heavy atom. The van der Waals surface area contributed by atoms with Crippen molar-refractivity contribution in [2.45, 2.75) is 18.1 Å². The fourth-order valence-electron chi connectivity index (χ4n) is 0.775. The standard InChI is InChI=1S/C7H11O2PS3/c1-4-9-10(8)7-12-5(2)6(11-3)13-7/h4H2,1-3H3. The van der Waals surface area contributed by atoms with E-state index in [2.05, 4.69) is 0 Å². The van der Waals surface area contributed by atoms with E-state index in [1.807, 2.05) is 20.1 Å². The first kappa shape index (κ1) is 11.7. The predicted molar refractivity (Wildman–Crippen MR) is 60.5 cm³/mol. The molecule has 0 fully saturated rings. The molecule has 2 nitrogen and oxygen atoms in total. The molecule has 13 heavy (non-hydrogen) atoms. The Balaban J connectivity index is 3.08. The second kappa shape index (κ2) is 5.49. The molecule has 1 unspecified atom stereocenters. The molecule has 0 radical (unpaired) electrons.